The van der Waals surface area contributed by atoms with Crippen LogP contribution in [-0.2, 0) is 10.8 Å². The molecule has 9 aromatic rings. The number of nitrogens with zero attached hydrogens (tertiary/aromatic N) is 1. The van der Waals surface area contributed by atoms with E-state index < -0.39 is 0 Å². The minimum Gasteiger partial charge on any atom is -0.310 e. The van der Waals surface area contributed by atoms with E-state index in [2.05, 4.69) is 259 Å². The molecular weight excluding hydrogens is 735 g/mol. The molecular formula is C60H53N. The molecule has 0 saturated carbocycles. The zero-order valence-corrected chi connectivity index (χ0v) is 36.2. The second kappa shape index (κ2) is 16.2. The lowest BCUT2D eigenvalue weighted by molar-refractivity contribution is 0.569. The van der Waals surface area contributed by atoms with Crippen molar-refractivity contribution in [2.24, 2.45) is 0 Å². The number of hydrogen-bond acceptors (Lipinski definition) is 1. The Morgan fingerprint density at radius 1 is 0.295 bits per heavy atom. The summed E-state index contributed by atoms with van der Waals surface area (Å²) in [6, 6.07) is 77.9. The molecule has 0 saturated heterocycles. The lowest BCUT2D eigenvalue weighted by Crippen LogP contribution is -2.19. The molecule has 0 radical (unpaired) electrons. The van der Waals surface area contributed by atoms with Crippen molar-refractivity contribution in [2.45, 2.75) is 52.4 Å². The first kappa shape index (κ1) is 39.5. The predicted molar refractivity (Wildman–Crippen MR) is 263 cm³/mol. The topological polar surface area (TPSA) is 3.24 Å². The van der Waals surface area contributed by atoms with Gasteiger partial charge in [-0.3, -0.25) is 0 Å². The van der Waals surface area contributed by atoms with Crippen LogP contribution < -0.4 is 4.90 Å². The summed E-state index contributed by atoms with van der Waals surface area (Å²) in [5.74, 6) is 0. The average molecular weight is 788 g/mol. The Bertz CT molecular complexity index is 2910. The fourth-order valence-corrected chi connectivity index (χ4v) is 8.61. The molecule has 0 heterocycles. The highest BCUT2D eigenvalue weighted by atomic mass is 15.1. The molecule has 9 rings (SSSR count). The SMILES string of the molecule is CC(C)(C)c1cc(N(c2ccc(-c3ccc(-c4ccccc4)c(-c4ccccc4)c3)cc2)c2ccccc2-c2cccc3cccc(-c4ccccc4)c23)cc(C(C)(C)C)c1. The zero-order valence-electron chi connectivity index (χ0n) is 36.2. The van der Waals surface area contributed by atoms with Crippen LogP contribution in [0.25, 0.3) is 66.4 Å². The molecule has 0 atom stereocenters. The lowest BCUT2D eigenvalue weighted by atomic mass is 9.80. The smallest absolute Gasteiger partial charge is 0.0540 e. The van der Waals surface area contributed by atoms with Gasteiger partial charge in [0.2, 0.25) is 0 Å². The fraction of sp³-hybridized carbons (Fsp3) is 0.133. The highest BCUT2D eigenvalue weighted by molar-refractivity contribution is 6.08. The third-order valence-electron chi connectivity index (χ3n) is 12.0. The van der Waals surface area contributed by atoms with Gasteiger partial charge in [-0.05, 0) is 119 Å². The largest absolute Gasteiger partial charge is 0.310 e. The monoisotopic (exact) mass is 787 g/mol. The number of hydrogen-bond donors (Lipinski definition) is 0. The molecule has 0 spiro atoms. The van der Waals surface area contributed by atoms with Gasteiger partial charge in [-0.1, -0.05) is 217 Å². The summed E-state index contributed by atoms with van der Waals surface area (Å²) in [5, 5.41) is 2.48. The normalized spacial score (nSPS) is 11.8. The van der Waals surface area contributed by atoms with Gasteiger partial charge in [-0.25, -0.2) is 0 Å². The predicted octanol–water partition coefficient (Wildman–Crippen LogP) is 17.2. The first-order valence-corrected chi connectivity index (χ1v) is 21.5. The maximum atomic E-state index is 2.49. The van der Waals surface area contributed by atoms with Crippen LogP contribution in [0.4, 0.5) is 17.1 Å². The zero-order chi connectivity index (χ0) is 42.1. The van der Waals surface area contributed by atoms with E-state index in [9.17, 15) is 0 Å². The van der Waals surface area contributed by atoms with E-state index in [4.69, 9.17) is 0 Å². The third kappa shape index (κ3) is 8.05. The quantitative estimate of drug-likeness (QED) is 0.148. The second-order valence-electron chi connectivity index (χ2n) is 18.2. The summed E-state index contributed by atoms with van der Waals surface area (Å²) >= 11 is 0. The van der Waals surface area contributed by atoms with Crippen LogP contribution >= 0.6 is 0 Å². The third-order valence-corrected chi connectivity index (χ3v) is 12.0. The van der Waals surface area contributed by atoms with E-state index in [1.807, 2.05) is 0 Å². The van der Waals surface area contributed by atoms with Crippen LogP contribution in [0.3, 0.4) is 0 Å². The van der Waals surface area contributed by atoms with Crippen LogP contribution in [0.15, 0.2) is 212 Å². The van der Waals surface area contributed by atoms with Crippen molar-refractivity contribution in [3.8, 4) is 55.6 Å². The van der Waals surface area contributed by atoms with E-state index in [1.165, 1.54) is 77.5 Å². The molecule has 0 amide bonds. The molecule has 0 unspecified atom stereocenters. The summed E-state index contributed by atoms with van der Waals surface area (Å²) in [6.45, 7) is 13.9. The highest BCUT2D eigenvalue weighted by Gasteiger charge is 2.25. The number of para-hydroxylation sites is 1. The van der Waals surface area contributed by atoms with Crippen molar-refractivity contribution in [1.82, 2.24) is 0 Å². The van der Waals surface area contributed by atoms with Crippen molar-refractivity contribution < 1.29 is 0 Å². The number of benzene rings is 9. The lowest BCUT2D eigenvalue weighted by Gasteiger charge is -2.32. The second-order valence-corrected chi connectivity index (χ2v) is 18.2. The standard InChI is InChI=1S/C60H53N/c1-59(2,3)48-39-49(60(4,5)6)41-51(40-48)61(57-31-17-16-28-54(57)55-30-19-27-46-26-18-29-53(58(46)55)44-22-12-8-13-23-44)50-35-32-42(33-36-50)47-34-37-52(43-20-10-7-11-21-43)56(38-47)45-24-14-9-15-25-45/h7-41H,1-6H3. The molecule has 61 heavy (non-hydrogen) atoms. The molecule has 1 heteroatoms. The Balaban J connectivity index is 1.24. The van der Waals surface area contributed by atoms with E-state index in [1.54, 1.807) is 0 Å². The Kier molecular flexibility index (Phi) is 10.5. The summed E-state index contributed by atoms with van der Waals surface area (Å²) in [4.78, 5) is 2.49. The summed E-state index contributed by atoms with van der Waals surface area (Å²) < 4.78 is 0. The van der Waals surface area contributed by atoms with Crippen molar-refractivity contribution >= 4 is 27.8 Å². The summed E-state index contributed by atoms with van der Waals surface area (Å²) in [7, 11) is 0. The van der Waals surface area contributed by atoms with Crippen LogP contribution in [0.1, 0.15) is 52.7 Å². The van der Waals surface area contributed by atoms with Gasteiger partial charge in [0.05, 0.1) is 5.69 Å². The minimum absolute atomic E-state index is 0.0480. The summed E-state index contributed by atoms with van der Waals surface area (Å²) in [6.07, 6.45) is 0. The Morgan fingerprint density at radius 3 is 1.34 bits per heavy atom. The van der Waals surface area contributed by atoms with Gasteiger partial charge < -0.3 is 4.90 Å². The van der Waals surface area contributed by atoms with Crippen molar-refractivity contribution in [2.75, 3.05) is 4.90 Å². The number of anilines is 3. The first-order chi connectivity index (χ1) is 29.5. The average Bonchev–Trinajstić information content (AvgIpc) is 3.29. The molecule has 0 aliphatic heterocycles. The van der Waals surface area contributed by atoms with Crippen LogP contribution in [0.2, 0.25) is 0 Å². The van der Waals surface area contributed by atoms with Gasteiger partial charge in [0, 0.05) is 16.9 Å². The molecule has 0 aliphatic carbocycles. The van der Waals surface area contributed by atoms with Gasteiger partial charge in [0.25, 0.3) is 0 Å². The maximum Gasteiger partial charge on any atom is 0.0540 e. The van der Waals surface area contributed by atoms with E-state index >= 15 is 0 Å². The van der Waals surface area contributed by atoms with Crippen LogP contribution in [0, 0.1) is 0 Å². The maximum absolute atomic E-state index is 2.49. The Morgan fingerprint density at radius 2 is 0.770 bits per heavy atom. The van der Waals surface area contributed by atoms with Gasteiger partial charge in [-0.15, -0.1) is 0 Å². The Labute approximate surface area is 362 Å². The van der Waals surface area contributed by atoms with Gasteiger partial charge in [0.1, 0.15) is 0 Å². The van der Waals surface area contributed by atoms with Crippen molar-refractivity contribution in [1.29, 1.82) is 0 Å². The number of fused-ring (bicyclic) bond motifs is 1. The Hall–Kier alpha value is -6.96. The van der Waals surface area contributed by atoms with E-state index in [0.717, 1.165) is 17.1 Å². The van der Waals surface area contributed by atoms with Gasteiger partial charge in [0.15, 0.2) is 0 Å². The van der Waals surface area contributed by atoms with Gasteiger partial charge >= 0.3 is 0 Å². The minimum atomic E-state index is -0.0480. The molecule has 0 fully saturated rings. The molecule has 0 aromatic heterocycles. The molecule has 0 bridgehead atoms. The van der Waals surface area contributed by atoms with E-state index in [-0.39, 0.29) is 10.8 Å². The molecule has 0 N–H and O–H groups in total. The van der Waals surface area contributed by atoms with Crippen LogP contribution in [0.5, 0.6) is 0 Å². The van der Waals surface area contributed by atoms with Crippen LogP contribution in [-0.4, -0.2) is 0 Å². The molecule has 9 aromatic carbocycles. The van der Waals surface area contributed by atoms with Crippen molar-refractivity contribution in [3.63, 3.8) is 0 Å². The highest BCUT2D eigenvalue weighted by Crippen LogP contribution is 2.47. The molecule has 0 aliphatic rings. The molecule has 298 valence electrons. The molecule has 1 nitrogen and oxygen atoms in total. The fourth-order valence-electron chi connectivity index (χ4n) is 8.61. The first-order valence-electron chi connectivity index (χ1n) is 21.5. The van der Waals surface area contributed by atoms with E-state index in [0.29, 0.717) is 0 Å². The number of rotatable bonds is 8. The van der Waals surface area contributed by atoms with Crippen molar-refractivity contribution in [3.05, 3.63) is 223 Å². The summed E-state index contributed by atoms with van der Waals surface area (Å²) in [5.41, 5.74) is 18.0. The van der Waals surface area contributed by atoms with Gasteiger partial charge in [-0.2, -0.15) is 0 Å².